The fraction of sp³-hybridized carbons (Fsp3) is 0.286. The molecule has 1 rings (SSSR count). The van der Waals surface area contributed by atoms with Crippen molar-refractivity contribution in [3.63, 3.8) is 0 Å². The number of rotatable bonds is 3. The van der Waals surface area contributed by atoms with Crippen molar-refractivity contribution in [3.05, 3.63) is 26.9 Å². The van der Waals surface area contributed by atoms with E-state index < -0.39 is 23.1 Å². The Morgan fingerprint density at radius 2 is 2.27 bits per heavy atom. The Balaban J connectivity index is 3.27. The fourth-order valence-corrected chi connectivity index (χ4v) is 1.24. The third kappa shape index (κ3) is 2.72. The summed E-state index contributed by atoms with van der Waals surface area (Å²) in [7, 11) is 0. The molecule has 0 unspecified atom stereocenters. The molecule has 0 amide bonds. The number of halogens is 3. The summed E-state index contributed by atoms with van der Waals surface area (Å²) in [5, 5.41) is 10.2. The van der Waals surface area contributed by atoms with Crippen molar-refractivity contribution in [2.45, 2.75) is 13.5 Å². The van der Waals surface area contributed by atoms with E-state index in [1.54, 1.807) is 0 Å². The van der Waals surface area contributed by atoms with Crippen LogP contribution >= 0.6 is 11.6 Å². The van der Waals surface area contributed by atoms with Gasteiger partial charge in [0.1, 0.15) is 5.02 Å². The quantitative estimate of drug-likeness (QED) is 0.600. The van der Waals surface area contributed by atoms with Crippen LogP contribution in [0.1, 0.15) is 5.69 Å². The van der Waals surface area contributed by atoms with Crippen LogP contribution in [-0.2, 0) is 0 Å². The first kappa shape index (κ1) is 11.6. The third-order valence-corrected chi connectivity index (χ3v) is 1.71. The van der Waals surface area contributed by atoms with Crippen molar-refractivity contribution in [3.8, 4) is 5.88 Å². The van der Waals surface area contributed by atoms with E-state index in [0.717, 1.165) is 0 Å². The average molecular weight is 239 g/mol. The lowest BCUT2D eigenvalue weighted by Crippen LogP contribution is -2.07. The molecule has 0 radical (unpaired) electrons. The first-order valence-corrected chi connectivity index (χ1v) is 4.06. The van der Waals surface area contributed by atoms with Crippen LogP contribution in [0.25, 0.3) is 0 Å². The molecule has 0 aromatic carbocycles. The van der Waals surface area contributed by atoms with Crippen LogP contribution in [0, 0.1) is 17.0 Å². The lowest BCUT2D eigenvalue weighted by Gasteiger charge is -2.05. The van der Waals surface area contributed by atoms with Crippen molar-refractivity contribution >= 4 is 17.3 Å². The van der Waals surface area contributed by atoms with Crippen molar-refractivity contribution in [1.29, 1.82) is 0 Å². The second-order valence-electron chi connectivity index (χ2n) is 2.53. The summed E-state index contributed by atoms with van der Waals surface area (Å²) in [6, 6.07) is 1.19. The van der Waals surface area contributed by atoms with Crippen molar-refractivity contribution in [2.24, 2.45) is 0 Å². The van der Waals surface area contributed by atoms with Crippen molar-refractivity contribution < 1.29 is 18.4 Å². The molecular formula is C7H5ClF2N2O3. The molecule has 82 valence electrons. The van der Waals surface area contributed by atoms with Gasteiger partial charge in [0.2, 0.25) is 0 Å². The highest BCUT2D eigenvalue weighted by Gasteiger charge is 2.25. The van der Waals surface area contributed by atoms with Crippen molar-refractivity contribution in [1.82, 2.24) is 4.98 Å². The summed E-state index contributed by atoms with van der Waals surface area (Å²) in [5.74, 6) is -0.778. The molecule has 1 heterocycles. The van der Waals surface area contributed by atoms with E-state index in [-0.39, 0.29) is 10.7 Å². The van der Waals surface area contributed by atoms with Gasteiger partial charge in [-0.25, -0.2) is 4.98 Å². The molecule has 0 saturated heterocycles. The largest absolute Gasteiger partial charge is 0.411 e. The van der Waals surface area contributed by atoms with Gasteiger partial charge in [0.05, 0.1) is 4.92 Å². The van der Waals surface area contributed by atoms with Gasteiger partial charge in [0, 0.05) is 5.69 Å². The number of aromatic nitrogens is 1. The summed E-state index contributed by atoms with van der Waals surface area (Å²) < 4.78 is 27.7. The molecule has 1 aromatic heterocycles. The smallest absolute Gasteiger partial charge is 0.388 e. The lowest BCUT2D eigenvalue weighted by atomic mass is 10.3. The van der Waals surface area contributed by atoms with E-state index in [1.807, 2.05) is 0 Å². The molecule has 15 heavy (non-hydrogen) atoms. The summed E-state index contributed by atoms with van der Waals surface area (Å²) in [4.78, 5) is 13.0. The van der Waals surface area contributed by atoms with Gasteiger partial charge < -0.3 is 4.74 Å². The molecule has 1 aromatic rings. The number of ether oxygens (including phenoxy) is 1. The van der Waals surface area contributed by atoms with E-state index >= 15 is 0 Å². The molecule has 0 aliphatic rings. The van der Waals surface area contributed by atoms with Gasteiger partial charge in [-0.05, 0) is 13.0 Å². The number of pyridine rings is 1. The SMILES string of the molecule is Cc1cc(Cl)c([N+](=O)[O-])c(OC(F)F)n1. The van der Waals surface area contributed by atoms with Crippen LogP contribution in [0.5, 0.6) is 5.88 Å². The number of alkyl halides is 2. The minimum absolute atomic E-state index is 0.251. The molecular weight excluding hydrogens is 234 g/mol. The maximum absolute atomic E-state index is 11.9. The van der Waals surface area contributed by atoms with Crippen LogP contribution in [0.3, 0.4) is 0 Å². The highest BCUT2D eigenvalue weighted by Crippen LogP contribution is 2.34. The summed E-state index contributed by atoms with van der Waals surface area (Å²) in [6.45, 7) is -1.73. The topological polar surface area (TPSA) is 65.3 Å². The standard InChI is InChI=1S/C7H5ClF2N2O3/c1-3-2-4(8)5(12(13)14)6(11-3)15-7(9)10/h2,7H,1H3. The van der Waals surface area contributed by atoms with Gasteiger partial charge in [-0.3, -0.25) is 10.1 Å². The molecule has 5 nitrogen and oxygen atoms in total. The number of nitrogens with zero attached hydrogens (tertiary/aromatic N) is 2. The van der Waals surface area contributed by atoms with Gasteiger partial charge in [-0.1, -0.05) is 11.6 Å². The minimum atomic E-state index is -3.19. The number of hydrogen-bond donors (Lipinski definition) is 0. The highest BCUT2D eigenvalue weighted by atomic mass is 35.5. The van der Waals surface area contributed by atoms with E-state index in [1.165, 1.54) is 13.0 Å². The van der Waals surface area contributed by atoms with Gasteiger partial charge in [-0.2, -0.15) is 8.78 Å². The van der Waals surface area contributed by atoms with E-state index in [4.69, 9.17) is 11.6 Å². The molecule has 0 atom stereocenters. The lowest BCUT2D eigenvalue weighted by molar-refractivity contribution is -0.386. The van der Waals surface area contributed by atoms with Crippen LogP contribution in [0.4, 0.5) is 14.5 Å². The Kier molecular flexibility index (Phi) is 3.35. The second kappa shape index (κ2) is 4.35. The zero-order valence-corrected chi connectivity index (χ0v) is 8.16. The predicted octanol–water partition coefficient (Wildman–Crippen LogP) is 2.55. The molecule has 8 heteroatoms. The van der Waals surface area contributed by atoms with Crippen LogP contribution in [-0.4, -0.2) is 16.5 Å². The summed E-state index contributed by atoms with van der Waals surface area (Å²) in [5.41, 5.74) is -0.510. The number of nitro groups is 1. The molecule has 0 bridgehead atoms. The van der Waals surface area contributed by atoms with Gasteiger partial charge in [0.25, 0.3) is 0 Å². The van der Waals surface area contributed by atoms with E-state index in [2.05, 4.69) is 9.72 Å². The molecule has 0 N–H and O–H groups in total. The first-order valence-electron chi connectivity index (χ1n) is 3.68. The number of aryl methyl sites for hydroxylation is 1. The average Bonchev–Trinajstić information content (AvgIpc) is 1.99. The predicted molar refractivity (Wildman–Crippen MR) is 47.3 cm³/mol. The molecule has 0 spiro atoms. The Labute approximate surface area is 87.8 Å². The van der Waals surface area contributed by atoms with Crippen molar-refractivity contribution in [2.75, 3.05) is 0 Å². The Bertz CT molecular complexity index is 400. The Morgan fingerprint density at radius 1 is 1.67 bits per heavy atom. The highest BCUT2D eigenvalue weighted by molar-refractivity contribution is 6.32. The van der Waals surface area contributed by atoms with Crippen LogP contribution in [0.2, 0.25) is 5.02 Å². The third-order valence-electron chi connectivity index (χ3n) is 1.43. The maximum Gasteiger partial charge on any atom is 0.388 e. The second-order valence-corrected chi connectivity index (χ2v) is 2.94. The zero-order valence-electron chi connectivity index (χ0n) is 7.41. The van der Waals surface area contributed by atoms with Gasteiger partial charge in [0.15, 0.2) is 0 Å². The van der Waals surface area contributed by atoms with Gasteiger partial charge in [-0.15, -0.1) is 0 Å². The van der Waals surface area contributed by atoms with E-state index in [0.29, 0.717) is 0 Å². The first-order chi connectivity index (χ1) is 6.91. The minimum Gasteiger partial charge on any atom is -0.411 e. The molecule has 0 aliphatic heterocycles. The monoisotopic (exact) mass is 238 g/mol. The van der Waals surface area contributed by atoms with Crippen LogP contribution in [0.15, 0.2) is 6.07 Å². The fourth-order valence-electron chi connectivity index (χ4n) is 0.931. The Morgan fingerprint density at radius 3 is 2.73 bits per heavy atom. The maximum atomic E-state index is 11.9. The molecule has 0 aliphatic carbocycles. The van der Waals surface area contributed by atoms with Gasteiger partial charge >= 0.3 is 18.2 Å². The van der Waals surface area contributed by atoms with Crippen LogP contribution < -0.4 is 4.74 Å². The Hall–Kier alpha value is -1.50. The summed E-state index contributed by atoms with van der Waals surface area (Å²) >= 11 is 5.51. The molecule has 0 fully saturated rings. The normalized spacial score (nSPS) is 10.5. The zero-order chi connectivity index (χ0) is 11.6. The molecule has 0 saturated carbocycles. The van der Waals surface area contributed by atoms with E-state index in [9.17, 15) is 18.9 Å². The summed E-state index contributed by atoms with van der Waals surface area (Å²) in [6.07, 6.45) is 0. The number of hydrogen-bond acceptors (Lipinski definition) is 4.